The van der Waals surface area contributed by atoms with Gasteiger partial charge in [-0.05, 0) is 80.0 Å². The molecule has 4 fully saturated rings. The van der Waals surface area contributed by atoms with E-state index in [1.165, 1.54) is 25.7 Å². The van der Waals surface area contributed by atoms with E-state index >= 15 is 0 Å². The van der Waals surface area contributed by atoms with Gasteiger partial charge in [-0.3, -0.25) is 4.79 Å². The van der Waals surface area contributed by atoms with Crippen LogP contribution in [0.15, 0.2) is 11.6 Å². The summed E-state index contributed by atoms with van der Waals surface area (Å²) in [6.45, 7) is 6.99. The molecular weight excluding hydrogens is 284 g/mol. The number of aliphatic hydroxyl groups is 1. The third-order valence-corrected chi connectivity index (χ3v) is 8.61. The maximum absolute atomic E-state index is 11.9. The molecule has 2 heteroatoms. The van der Waals surface area contributed by atoms with Crippen molar-refractivity contribution >= 4 is 5.78 Å². The SMILES string of the molecule is C/C=C1/CC[C@H]2[C@@H]3CC[C@@H]4CC(=O)CC[C@]4(C)[C@H]3[C@H](O)C[C@]12C. The quantitative estimate of drug-likeness (QED) is 0.667. The molecule has 23 heavy (non-hydrogen) atoms. The minimum Gasteiger partial charge on any atom is -0.393 e. The molecule has 4 aliphatic rings. The van der Waals surface area contributed by atoms with Gasteiger partial charge in [-0.25, -0.2) is 0 Å². The van der Waals surface area contributed by atoms with Gasteiger partial charge in [0.05, 0.1) is 6.10 Å². The fourth-order valence-electron chi connectivity index (χ4n) is 7.49. The van der Waals surface area contributed by atoms with Crippen molar-refractivity contribution in [3.05, 3.63) is 11.6 Å². The number of allylic oxidation sites excluding steroid dienone is 2. The van der Waals surface area contributed by atoms with Crippen LogP contribution in [0.1, 0.15) is 72.1 Å². The average molecular weight is 316 g/mol. The second-order valence-electron chi connectivity index (χ2n) is 9.36. The van der Waals surface area contributed by atoms with Gasteiger partial charge >= 0.3 is 0 Å². The van der Waals surface area contributed by atoms with E-state index in [0.29, 0.717) is 23.5 Å². The highest BCUT2D eigenvalue weighted by Crippen LogP contribution is 2.67. The molecule has 4 aliphatic carbocycles. The number of fused-ring (bicyclic) bond motifs is 5. The van der Waals surface area contributed by atoms with E-state index in [1.54, 1.807) is 5.57 Å². The molecule has 0 spiro atoms. The van der Waals surface area contributed by atoms with Gasteiger partial charge < -0.3 is 5.11 Å². The standard InChI is InChI=1S/C21H32O2/c1-4-13-6-8-17-16-7-5-14-11-15(22)9-10-20(14,2)19(16)18(23)12-21(13,17)3/h4,14,16-19,23H,5-12H2,1-3H3/b13-4-/t14-,16+,17+,18-,19-,20+,21-/m1/s1. The predicted octanol–water partition coefficient (Wildman–Crippen LogP) is 4.52. The maximum atomic E-state index is 11.9. The molecule has 4 saturated carbocycles. The Bertz CT molecular complexity index is 550. The Hall–Kier alpha value is -0.630. The van der Waals surface area contributed by atoms with Crippen LogP contribution >= 0.6 is 0 Å². The largest absolute Gasteiger partial charge is 0.393 e. The summed E-state index contributed by atoms with van der Waals surface area (Å²) >= 11 is 0. The molecule has 0 bridgehead atoms. The van der Waals surface area contributed by atoms with Crippen LogP contribution in [0.5, 0.6) is 0 Å². The van der Waals surface area contributed by atoms with Gasteiger partial charge in [0.15, 0.2) is 0 Å². The number of carbonyl (C=O) groups is 1. The van der Waals surface area contributed by atoms with Gasteiger partial charge in [0, 0.05) is 12.8 Å². The molecule has 0 heterocycles. The van der Waals surface area contributed by atoms with Crippen LogP contribution in [-0.4, -0.2) is 17.0 Å². The normalized spacial score (nSPS) is 54.5. The lowest BCUT2D eigenvalue weighted by atomic mass is 9.44. The predicted molar refractivity (Wildman–Crippen MR) is 91.9 cm³/mol. The molecule has 0 aliphatic heterocycles. The van der Waals surface area contributed by atoms with Crippen molar-refractivity contribution in [1.29, 1.82) is 0 Å². The molecule has 0 aromatic carbocycles. The first-order chi connectivity index (χ1) is 10.9. The van der Waals surface area contributed by atoms with E-state index < -0.39 is 0 Å². The second-order valence-corrected chi connectivity index (χ2v) is 9.36. The molecule has 128 valence electrons. The van der Waals surface area contributed by atoms with E-state index in [9.17, 15) is 9.90 Å². The minimum atomic E-state index is -0.185. The van der Waals surface area contributed by atoms with Crippen molar-refractivity contribution in [1.82, 2.24) is 0 Å². The Labute approximate surface area is 140 Å². The van der Waals surface area contributed by atoms with Gasteiger partial charge in [-0.1, -0.05) is 25.5 Å². The molecule has 2 nitrogen and oxygen atoms in total. The summed E-state index contributed by atoms with van der Waals surface area (Å²) in [5, 5.41) is 11.2. The Morgan fingerprint density at radius 1 is 1.17 bits per heavy atom. The van der Waals surface area contributed by atoms with E-state index in [4.69, 9.17) is 0 Å². The summed E-state index contributed by atoms with van der Waals surface area (Å²) in [5.41, 5.74) is 2.00. The monoisotopic (exact) mass is 316 g/mol. The van der Waals surface area contributed by atoms with Crippen molar-refractivity contribution in [2.45, 2.75) is 78.2 Å². The first kappa shape index (κ1) is 15.9. The number of ketones is 1. The van der Waals surface area contributed by atoms with E-state index in [1.807, 2.05) is 0 Å². The molecule has 4 rings (SSSR count). The van der Waals surface area contributed by atoms with E-state index in [0.717, 1.165) is 31.6 Å². The Morgan fingerprint density at radius 2 is 1.96 bits per heavy atom. The third-order valence-electron chi connectivity index (χ3n) is 8.61. The zero-order valence-corrected chi connectivity index (χ0v) is 15.0. The molecule has 7 atom stereocenters. The third kappa shape index (κ3) is 2.06. The maximum Gasteiger partial charge on any atom is 0.133 e. The number of hydrogen-bond donors (Lipinski definition) is 1. The van der Waals surface area contributed by atoms with Crippen molar-refractivity contribution in [3.63, 3.8) is 0 Å². The molecule has 0 amide bonds. The summed E-state index contributed by atoms with van der Waals surface area (Å²) in [6, 6.07) is 0. The Kier molecular flexibility index (Phi) is 3.58. The van der Waals surface area contributed by atoms with Crippen molar-refractivity contribution < 1.29 is 9.90 Å². The minimum absolute atomic E-state index is 0.185. The summed E-state index contributed by atoms with van der Waals surface area (Å²) in [6.07, 6.45) is 10.6. The number of Topliss-reactive ketones (excluding diaryl/α,β-unsaturated/α-hetero) is 1. The van der Waals surface area contributed by atoms with Gasteiger partial charge in [-0.15, -0.1) is 0 Å². The number of rotatable bonds is 0. The van der Waals surface area contributed by atoms with Crippen LogP contribution in [0, 0.1) is 34.5 Å². The lowest BCUT2D eigenvalue weighted by molar-refractivity contribution is -0.163. The highest BCUT2D eigenvalue weighted by Gasteiger charge is 2.61. The molecular formula is C21H32O2. The smallest absolute Gasteiger partial charge is 0.133 e. The van der Waals surface area contributed by atoms with Crippen LogP contribution in [0.2, 0.25) is 0 Å². The van der Waals surface area contributed by atoms with Crippen molar-refractivity contribution in [2.24, 2.45) is 34.5 Å². The Balaban J connectivity index is 1.70. The number of carbonyl (C=O) groups excluding carboxylic acids is 1. The molecule has 1 N–H and O–H groups in total. The summed E-state index contributed by atoms with van der Waals surface area (Å²) < 4.78 is 0. The molecule has 0 aromatic heterocycles. The van der Waals surface area contributed by atoms with Gasteiger partial charge in [0.2, 0.25) is 0 Å². The summed E-state index contributed by atoms with van der Waals surface area (Å²) in [7, 11) is 0. The lowest BCUT2D eigenvalue weighted by Crippen LogP contribution is -2.58. The molecule has 0 aromatic rings. The first-order valence-corrected chi connectivity index (χ1v) is 9.75. The van der Waals surface area contributed by atoms with Gasteiger partial charge in [0.25, 0.3) is 0 Å². The number of aliphatic hydroxyl groups excluding tert-OH is 1. The van der Waals surface area contributed by atoms with E-state index in [2.05, 4.69) is 26.8 Å². The zero-order chi connectivity index (χ0) is 16.4. The van der Waals surface area contributed by atoms with Crippen molar-refractivity contribution in [2.75, 3.05) is 0 Å². The zero-order valence-electron chi connectivity index (χ0n) is 15.0. The van der Waals surface area contributed by atoms with Crippen molar-refractivity contribution in [3.8, 4) is 0 Å². The molecule has 0 saturated heterocycles. The van der Waals surface area contributed by atoms with Gasteiger partial charge in [-0.2, -0.15) is 0 Å². The molecule has 0 radical (unpaired) electrons. The van der Waals surface area contributed by atoms with Crippen LogP contribution in [-0.2, 0) is 4.79 Å². The van der Waals surface area contributed by atoms with Gasteiger partial charge in [0.1, 0.15) is 5.78 Å². The van der Waals surface area contributed by atoms with E-state index in [-0.39, 0.29) is 16.9 Å². The van der Waals surface area contributed by atoms with Crippen LogP contribution in [0.3, 0.4) is 0 Å². The van der Waals surface area contributed by atoms with Crippen LogP contribution in [0.4, 0.5) is 0 Å². The summed E-state index contributed by atoms with van der Waals surface area (Å²) in [5.74, 6) is 2.81. The fraction of sp³-hybridized carbons (Fsp3) is 0.857. The van der Waals surface area contributed by atoms with Crippen LogP contribution < -0.4 is 0 Å². The lowest BCUT2D eigenvalue weighted by Gasteiger charge is -2.61. The van der Waals surface area contributed by atoms with Crippen LogP contribution in [0.25, 0.3) is 0 Å². The topological polar surface area (TPSA) is 37.3 Å². The highest BCUT2D eigenvalue weighted by molar-refractivity contribution is 5.79. The second kappa shape index (κ2) is 5.18. The first-order valence-electron chi connectivity index (χ1n) is 9.75. The Morgan fingerprint density at radius 3 is 2.70 bits per heavy atom. The highest BCUT2D eigenvalue weighted by atomic mass is 16.3. The summed E-state index contributed by atoms with van der Waals surface area (Å²) in [4.78, 5) is 11.9. The fourth-order valence-corrected chi connectivity index (χ4v) is 7.49. The number of hydrogen-bond acceptors (Lipinski definition) is 2. The average Bonchev–Trinajstić information content (AvgIpc) is 2.83. The molecule has 0 unspecified atom stereocenters.